The van der Waals surface area contributed by atoms with Gasteiger partial charge in [-0.2, -0.15) is 0 Å². The van der Waals surface area contributed by atoms with Crippen LogP contribution in [-0.2, 0) is 13.0 Å². The average molecular weight is 391 g/mol. The second-order valence-electron chi connectivity index (χ2n) is 8.35. The minimum atomic E-state index is 0.617. The number of ether oxygens (including phenoxy) is 1. The van der Waals surface area contributed by atoms with Gasteiger partial charge in [0.2, 0.25) is 0 Å². The van der Waals surface area contributed by atoms with Gasteiger partial charge in [0.25, 0.3) is 0 Å². The van der Waals surface area contributed by atoms with Crippen molar-refractivity contribution in [3.05, 3.63) is 64.8 Å². The van der Waals surface area contributed by atoms with Crippen molar-refractivity contribution in [3.8, 4) is 5.75 Å². The molecule has 0 bridgehead atoms. The summed E-state index contributed by atoms with van der Waals surface area (Å²) in [5.74, 6) is 1.60. The van der Waals surface area contributed by atoms with Gasteiger partial charge in [-0.1, -0.05) is 44.2 Å². The molecule has 0 N–H and O–H groups in total. The van der Waals surface area contributed by atoms with Crippen LogP contribution in [0, 0.1) is 6.92 Å². The number of hydrogen-bond acceptors (Lipinski definition) is 2. The van der Waals surface area contributed by atoms with E-state index >= 15 is 0 Å². The van der Waals surface area contributed by atoms with Crippen molar-refractivity contribution < 1.29 is 4.74 Å². The third-order valence-corrected chi connectivity index (χ3v) is 6.66. The van der Waals surface area contributed by atoms with Gasteiger partial charge in [-0.05, 0) is 68.0 Å². The molecule has 0 radical (unpaired) electrons. The van der Waals surface area contributed by atoms with Crippen LogP contribution in [0.5, 0.6) is 5.75 Å². The zero-order valence-corrected chi connectivity index (χ0v) is 18.4. The van der Waals surface area contributed by atoms with E-state index in [9.17, 15) is 0 Å². The predicted molar refractivity (Wildman–Crippen MR) is 122 cm³/mol. The molecule has 2 aromatic carbocycles. The van der Waals surface area contributed by atoms with Crippen LogP contribution in [0.4, 0.5) is 0 Å². The van der Waals surface area contributed by atoms with Crippen molar-refractivity contribution in [1.29, 1.82) is 0 Å². The number of rotatable bonds is 7. The van der Waals surface area contributed by atoms with Crippen LogP contribution in [0.15, 0.2) is 42.5 Å². The number of hydrogen-bond donors (Lipinski definition) is 0. The van der Waals surface area contributed by atoms with Crippen LogP contribution in [0.2, 0.25) is 0 Å². The topological polar surface area (TPSA) is 17.4 Å². The maximum absolute atomic E-state index is 5.69. The van der Waals surface area contributed by atoms with Gasteiger partial charge in [-0.15, -0.1) is 0 Å². The van der Waals surface area contributed by atoms with E-state index < -0.39 is 0 Å². The first-order valence-electron chi connectivity index (χ1n) is 11.1. The second-order valence-corrected chi connectivity index (χ2v) is 8.35. The summed E-state index contributed by atoms with van der Waals surface area (Å²) in [5.41, 5.74) is 7.05. The Labute approximate surface area is 175 Å². The number of aryl methyl sites for hydroxylation is 1. The first kappa shape index (κ1) is 20.0. The molecular formula is C26H34N2O. The van der Waals surface area contributed by atoms with Crippen LogP contribution in [0.25, 0.3) is 10.9 Å². The molecule has 0 spiro atoms. The largest absolute Gasteiger partial charge is 0.496 e. The normalized spacial score (nSPS) is 16.4. The van der Waals surface area contributed by atoms with E-state index in [-0.39, 0.29) is 0 Å². The SMILES string of the molecule is CCN(CC)CC1CCCc2c1c1cc(C)c(OC)cc1n2Cc1ccccc1. The Kier molecular flexibility index (Phi) is 5.96. The summed E-state index contributed by atoms with van der Waals surface area (Å²) in [4.78, 5) is 2.58. The maximum Gasteiger partial charge on any atom is 0.123 e. The fraction of sp³-hybridized carbons (Fsp3) is 0.462. The van der Waals surface area contributed by atoms with Gasteiger partial charge < -0.3 is 14.2 Å². The molecule has 154 valence electrons. The molecule has 0 amide bonds. The van der Waals surface area contributed by atoms with E-state index in [0.717, 1.165) is 31.9 Å². The Morgan fingerprint density at radius 2 is 1.86 bits per heavy atom. The van der Waals surface area contributed by atoms with E-state index in [2.05, 4.69) is 72.7 Å². The highest BCUT2D eigenvalue weighted by Crippen LogP contribution is 2.42. The molecule has 1 atom stereocenters. The molecule has 3 heteroatoms. The van der Waals surface area contributed by atoms with E-state index in [4.69, 9.17) is 4.74 Å². The van der Waals surface area contributed by atoms with Gasteiger partial charge in [0.1, 0.15) is 5.75 Å². The number of fused-ring (bicyclic) bond motifs is 3. The minimum Gasteiger partial charge on any atom is -0.496 e. The Bertz CT molecular complexity index is 970. The van der Waals surface area contributed by atoms with Gasteiger partial charge in [0, 0.05) is 30.2 Å². The summed E-state index contributed by atoms with van der Waals surface area (Å²) < 4.78 is 8.26. The van der Waals surface area contributed by atoms with Crippen LogP contribution < -0.4 is 4.74 Å². The summed E-state index contributed by atoms with van der Waals surface area (Å²) in [6.45, 7) is 11.1. The Morgan fingerprint density at radius 3 is 2.55 bits per heavy atom. The molecule has 1 aliphatic carbocycles. The summed E-state index contributed by atoms with van der Waals surface area (Å²) in [7, 11) is 1.78. The summed E-state index contributed by atoms with van der Waals surface area (Å²) in [6.07, 6.45) is 3.74. The van der Waals surface area contributed by atoms with Crippen molar-refractivity contribution in [1.82, 2.24) is 9.47 Å². The molecule has 29 heavy (non-hydrogen) atoms. The highest BCUT2D eigenvalue weighted by atomic mass is 16.5. The number of benzene rings is 2. The Balaban J connectivity index is 1.88. The maximum atomic E-state index is 5.69. The molecule has 1 aromatic heterocycles. The van der Waals surface area contributed by atoms with E-state index in [1.54, 1.807) is 18.4 Å². The van der Waals surface area contributed by atoms with Gasteiger partial charge >= 0.3 is 0 Å². The monoisotopic (exact) mass is 390 g/mol. The van der Waals surface area contributed by atoms with Crippen LogP contribution in [-0.4, -0.2) is 36.2 Å². The van der Waals surface area contributed by atoms with Crippen molar-refractivity contribution >= 4 is 10.9 Å². The first-order valence-corrected chi connectivity index (χ1v) is 11.1. The van der Waals surface area contributed by atoms with E-state index in [1.165, 1.54) is 41.3 Å². The molecule has 0 fully saturated rings. The molecule has 1 unspecified atom stereocenters. The lowest BCUT2D eigenvalue weighted by atomic mass is 9.84. The van der Waals surface area contributed by atoms with Crippen LogP contribution >= 0.6 is 0 Å². The first-order chi connectivity index (χ1) is 14.2. The van der Waals surface area contributed by atoms with Crippen molar-refractivity contribution in [2.45, 2.75) is 52.5 Å². The van der Waals surface area contributed by atoms with Crippen LogP contribution in [0.1, 0.15) is 55.0 Å². The zero-order valence-electron chi connectivity index (χ0n) is 18.4. The molecular weight excluding hydrogens is 356 g/mol. The second kappa shape index (κ2) is 8.62. The van der Waals surface area contributed by atoms with Gasteiger partial charge in [0.05, 0.1) is 12.6 Å². The summed E-state index contributed by atoms with van der Waals surface area (Å²) in [5, 5.41) is 1.44. The fourth-order valence-electron chi connectivity index (χ4n) is 5.09. The molecule has 1 heterocycles. The van der Waals surface area contributed by atoms with Crippen molar-refractivity contribution in [2.75, 3.05) is 26.7 Å². The standard InChI is InChI=1S/C26H34N2O/c1-5-27(6-2)18-21-13-10-14-23-26(21)22-15-19(3)25(29-4)16-24(22)28(23)17-20-11-8-7-9-12-20/h7-9,11-12,15-16,21H,5-6,10,13-14,17-18H2,1-4H3. The van der Waals surface area contributed by atoms with Crippen molar-refractivity contribution in [3.63, 3.8) is 0 Å². The zero-order chi connectivity index (χ0) is 20.4. The highest BCUT2D eigenvalue weighted by Gasteiger charge is 2.29. The Hall–Kier alpha value is -2.26. The third-order valence-electron chi connectivity index (χ3n) is 6.66. The molecule has 3 aromatic rings. The molecule has 3 nitrogen and oxygen atoms in total. The smallest absolute Gasteiger partial charge is 0.123 e. The lowest BCUT2D eigenvalue weighted by Gasteiger charge is -2.29. The molecule has 0 aliphatic heterocycles. The summed E-state index contributed by atoms with van der Waals surface area (Å²) in [6, 6.07) is 15.5. The predicted octanol–water partition coefficient (Wildman–Crippen LogP) is 5.77. The Morgan fingerprint density at radius 1 is 1.10 bits per heavy atom. The van der Waals surface area contributed by atoms with Crippen molar-refractivity contribution in [2.24, 2.45) is 0 Å². The van der Waals surface area contributed by atoms with Gasteiger partial charge in [-0.25, -0.2) is 0 Å². The van der Waals surface area contributed by atoms with Crippen LogP contribution in [0.3, 0.4) is 0 Å². The van der Waals surface area contributed by atoms with E-state index in [1.807, 2.05) is 0 Å². The minimum absolute atomic E-state index is 0.617. The molecule has 1 aliphatic rings. The molecule has 0 saturated heterocycles. The van der Waals surface area contributed by atoms with Gasteiger partial charge in [0.15, 0.2) is 0 Å². The average Bonchev–Trinajstić information content (AvgIpc) is 3.05. The number of aromatic nitrogens is 1. The quantitative estimate of drug-likeness (QED) is 0.510. The third kappa shape index (κ3) is 3.81. The number of likely N-dealkylation sites (N-methyl/N-ethyl adjacent to an activating group) is 1. The molecule has 4 rings (SSSR count). The lowest BCUT2D eigenvalue weighted by molar-refractivity contribution is 0.272. The fourth-order valence-corrected chi connectivity index (χ4v) is 5.09. The highest BCUT2D eigenvalue weighted by molar-refractivity contribution is 5.89. The van der Waals surface area contributed by atoms with Gasteiger partial charge in [-0.3, -0.25) is 0 Å². The number of nitrogens with zero attached hydrogens (tertiary/aromatic N) is 2. The van der Waals surface area contributed by atoms with E-state index in [0.29, 0.717) is 5.92 Å². The lowest BCUT2D eigenvalue weighted by Crippen LogP contribution is -2.30. The summed E-state index contributed by atoms with van der Waals surface area (Å²) >= 11 is 0. The molecule has 0 saturated carbocycles. The number of methoxy groups -OCH3 is 1.